The van der Waals surface area contributed by atoms with Crippen molar-refractivity contribution >= 4 is 11.8 Å². The predicted molar refractivity (Wildman–Crippen MR) is 129 cm³/mol. The number of carbonyl (C=O) groups excluding carboxylic acids is 2. The number of amides is 2. The Morgan fingerprint density at radius 1 is 1.09 bits per heavy atom. The van der Waals surface area contributed by atoms with E-state index < -0.39 is 6.04 Å². The first-order chi connectivity index (χ1) is 16.8. The van der Waals surface area contributed by atoms with Gasteiger partial charge in [0.05, 0.1) is 7.11 Å². The summed E-state index contributed by atoms with van der Waals surface area (Å²) in [6.07, 6.45) is 0.847. The lowest BCUT2D eigenvalue weighted by molar-refractivity contribution is -0.141. The molecule has 0 aliphatic rings. The Hall–Kier alpha value is -3.82. The van der Waals surface area contributed by atoms with Crippen LogP contribution in [0.2, 0.25) is 0 Å². The van der Waals surface area contributed by atoms with Crippen LogP contribution >= 0.6 is 0 Å². The quantitative estimate of drug-likeness (QED) is 0.451. The van der Waals surface area contributed by atoms with Crippen LogP contribution in [0.5, 0.6) is 5.75 Å². The molecule has 1 heterocycles. The molecule has 1 atom stereocenters. The lowest BCUT2D eigenvalue weighted by atomic mass is 10.1. The van der Waals surface area contributed by atoms with Crippen molar-refractivity contribution in [2.45, 2.75) is 46.3 Å². The highest BCUT2D eigenvalue weighted by atomic mass is 19.1. The van der Waals surface area contributed by atoms with Gasteiger partial charge in [-0.3, -0.25) is 9.59 Å². The molecule has 3 aromatic rings. The first-order valence-corrected chi connectivity index (χ1v) is 11.5. The summed E-state index contributed by atoms with van der Waals surface area (Å²) >= 11 is 0. The molecule has 3 rings (SSSR count). The van der Waals surface area contributed by atoms with E-state index in [1.165, 1.54) is 34.0 Å². The Kier molecular flexibility index (Phi) is 8.88. The zero-order valence-electron chi connectivity index (χ0n) is 20.4. The number of tetrazole rings is 1. The van der Waals surface area contributed by atoms with Crippen LogP contribution in [0.4, 0.5) is 4.39 Å². The molecule has 0 radical (unpaired) electrons. The van der Waals surface area contributed by atoms with Crippen LogP contribution in [-0.2, 0) is 22.7 Å². The van der Waals surface area contributed by atoms with Gasteiger partial charge in [-0.25, -0.2) is 4.39 Å². The van der Waals surface area contributed by atoms with E-state index in [0.717, 1.165) is 12.0 Å². The van der Waals surface area contributed by atoms with Crippen molar-refractivity contribution in [1.29, 1.82) is 0 Å². The molecule has 0 aliphatic heterocycles. The van der Waals surface area contributed by atoms with Crippen LogP contribution in [0.3, 0.4) is 0 Å². The zero-order chi connectivity index (χ0) is 25.4. The highest BCUT2D eigenvalue weighted by Gasteiger charge is 2.27. The molecule has 2 amide bonds. The van der Waals surface area contributed by atoms with Gasteiger partial charge in [-0.2, -0.15) is 4.80 Å². The van der Waals surface area contributed by atoms with Crippen molar-refractivity contribution in [3.05, 3.63) is 59.9 Å². The second-order valence-corrected chi connectivity index (χ2v) is 8.67. The molecule has 1 aromatic heterocycles. The smallest absolute Gasteiger partial charge is 0.247 e. The van der Waals surface area contributed by atoms with E-state index in [1.807, 2.05) is 12.1 Å². The van der Waals surface area contributed by atoms with Crippen LogP contribution in [0.25, 0.3) is 11.4 Å². The van der Waals surface area contributed by atoms with Gasteiger partial charge in [0.1, 0.15) is 24.2 Å². The van der Waals surface area contributed by atoms with Crippen molar-refractivity contribution in [3.8, 4) is 17.1 Å². The number of nitrogens with zero attached hydrogens (tertiary/aromatic N) is 5. The first-order valence-electron chi connectivity index (χ1n) is 11.5. The van der Waals surface area contributed by atoms with E-state index >= 15 is 0 Å². The molecule has 0 saturated carbocycles. The van der Waals surface area contributed by atoms with Crippen LogP contribution < -0.4 is 10.1 Å². The fourth-order valence-electron chi connectivity index (χ4n) is 3.38. The first kappa shape index (κ1) is 25.8. The van der Waals surface area contributed by atoms with Gasteiger partial charge in [-0.15, -0.1) is 10.2 Å². The average molecular weight is 483 g/mol. The number of ether oxygens (including phenoxy) is 1. The van der Waals surface area contributed by atoms with Crippen molar-refractivity contribution < 1.29 is 18.7 Å². The lowest BCUT2D eigenvalue weighted by Crippen LogP contribution is -2.49. The third-order valence-electron chi connectivity index (χ3n) is 5.53. The number of rotatable bonds is 11. The largest absolute Gasteiger partial charge is 0.497 e. The second kappa shape index (κ2) is 12.0. The maximum absolute atomic E-state index is 13.3. The summed E-state index contributed by atoms with van der Waals surface area (Å²) in [6, 6.07) is 12.3. The molecular weight excluding hydrogens is 451 g/mol. The maximum atomic E-state index is 13.3. The average Bonchev–Trinajstić information content (AvgIpc) is 3.30. The van der Waals surface area contributed by atoms with E-state index in [4.69, 9.17) is 4.74 Å². The van der Waals surface area contributed by atoms with E-state index in [1.54, 1.807) is 26.2 Å². The molecule has 2 aromatic carbocycles. The molecule has 35 heavy (non-hydrogen) atoms. The molecule has 0 aliphatic carbocycles. The van der Waals surface area contributed by atoms with Crippen molar-refractivity contribution in [1.82, 2.24) is 30.4 Å². The van der Waals surface area contributed by atoms with Crippen LogP contribution in [0, 0.1) is 11.7 Å². The number of nitrogens with one attached hydrogen (secondary N) is 1. The van der Waals surface area contributed by atoms with Gasteiger partial charge in [-0.1, -0.05) is 26.0 Å². The number of carbonyl (C=O) groups is 2. The van der Waals surface area contributed by atoms with E-state index in [-0.39, 0.29) is 36.5 Å². The van der Waals surface area contributed by atoms with Gasteiger partial charge in [0, 0.05) is 18.7 Å². The number of aromatic nitrogens is 4. The Morgan fingerprint density at radius 2 is 1.77 bits per heavy atom. The molecule has 0 fully saturated rings. The van der Waals surface area contributed by atoms with Gasteiger partial charge >= 0.3 is 0 Å². The molecular formula is C25H31FN6O3. The summed E-state index contributed by atoms with van der Waals surface area (Å²) in [5.41, 5.74) is 1.43. The number of hydrogen-bond donors (Lipinski definition) is 1. The van der Waals surface area contributed by atoms with Gasteiger partial charge in [-0.05, 0) is 66.4 Å². The van der Waals surface area contributed by atoms with E-state index in [0.29, 0.717) is 23.8 Å². The predicted octanol–water partition coefficient (Wildman–Crippen LogP) is 3.07. The highest BCUT2D eigenvalue weighted by Crippen LogP contribution is 2.16. The van der Waals surface area contributed by atoms with Crippen LogP contribution in [0.15, 0.2) is 48.5 Å². The monoisotopic (exact) mass is 482 g/mol. The minimum absolute atomic E-state index is 0.200. The highest BCUT2D eigenvalue weighted by molar-refractivity contribution is 5.87. The summed E-state index contributed by atoms with van der Waals surface area (Å²) in [4.78, 5) is 28.8. The summed E-state index contributed by atoms with van der Waals surface area (Å²) < 4.78 is 18.4. The Labute approximate surface area is 204 Å². The van der Waals surface area contributed by atoms with Crippen molar-refractivity contribution in [2.24, 2.45) is 5.92 Å². The molecule has 0 spiro atoms. The number of benzene rings is 2. The molecule has 0 bridgehead atoms. The van der Waals surface area contributed by atoms with Crippen LogP contribution in [-0.4, -0.2) is 56.6 Å². The van der Waals surface area contributed by atoms with Gasteiger partial charge in [0.15, 0.2) is 0 Å². The minimum atomic E-state index is -0.711. The zero-order valence-corrected chi connectivity index (χ0v) is 20.4. The van der Waals surface area contributed by atoms with Gasteiger partial charge in [0.2, 0.25) is 17.6 Å². The Bertz CT molecular complexity index is 1110. The van der Waals surface area contributed by atoms with Gasteiger partial charge < -0.3 is 15.0 Å². The van der Waals surface area contributed by atoms with Crippen molar-refractivity contribution in [3.63, 3.8) is 0 Å². The summed E-state index contributed by atoms with van der Waals surface area (Å²) in [5, 5.41) is 15.1. The third-order valence-corrected chi connectivity index (χ3v) is 5.53. The third kappa shape index (κ3) is 7.33. The number of hydrogen-bond acceptors (Lipinski definition) is 6. The molecule has 10 heteroatoms. The SMILES string of the molecule is COc1ccc(CN(C(=O)Cn2nnc(-c3ccc(F)cc3)n2)C(C)C(=O)NCCC(C)C)cc1. The maximum Gasteiger partial charge on any atom is 0.247 e. The standard InChI is InChI=1S/C25H31FN6O3/c1-17(2)13-14-27-25(34)18(3)31(15-19-5-11-22(35-4)12-6-19)23(33)16-32-29-24(28-30-32)20-7-9-21(26)10-8-20/h5-12,17-18H,13-16H2,1-4H3,(H,27,34). The molecule has 9 nitrogen and oxygen atoms in total. The summed E-state index contributed by atoms with van der Waals surface area (Å²) in [7, 11) is 1.58. The molecule has 1 unspecified atom stereocenters. The normalized spacial score (nSPS) is 11.8. The van der Waals surface area contributed by atoms with E-state index in [9.17, 15) is 14.0 Å². The summed E-state index contributed by atoms with van der Waals surface area (Å²) in [5.74, 6) is 0.495. The lowest BCUT2D eigenvalue weighted by Gasteiger charge is -2.28. The Morgan fingerprint density at radius 3 is 2.40 bits per heavy atom. The van der Waals surface area contributed by atoms with Crippen molar-refractivity contribution in [2.75, 3.05) is 13.7 Å². The second-order valence-electron chi connectivity index (χ2n) is 8.67. The topological polar surface area (TPSA) is 102 Å². The van der Waals surface area contributed by atoms with E-state index in [2.05, 4.69) is 34.6 Å². The fraction of sp³-hybridized carbons (Fsp3) is 0.400. The number of halogens is 1. The Balaban J connectivity index is 1.75. The van der Waals surface area contributed by atoms with Crippen LogP contribution in [0.1, 0.15) is 32.8 Å². The fourth-order valence-corrected chi connectivity index (χ4v) is 3.38. The number of methoxy groups -OCH3 is 1. The molecule has 1 N–H and O–H groups in total. The molecule has 186 valence electrons. The van der Waals surface area contributed by atoms with Gasteiger partial charge in [0.25, 0.3) is 0 Å². The summed E-state index contributed by atoms with van der Waals surface area (Å²) in [6.45, 7) is 6.43. The minimum Gasteiger partial charge on any atom is -0.497 e. The molecule has 0 saturated heterocycles.